The maximum absolute atomic E-state index is 12.1. The van der Waals surface area contributed by atoms with Gasteiger partial charge in [0.2, 0.25) is 5.91 Å². The summed E-state index contributed by atoms with van der Waals surface area (Å²) in [5.74, 6) is 0.322. The molecule has 0 unspecified atom stereocenters. The van der Waals surface area contributed by atoms with Gasteiger partial charge in [0.1, 0.15) is 11.5 Å². The van der Waals surface area contributed by atoms with Crippen molar-refractivity contribution >= 4 is 17.4 Å². The Morgan fingerprint density at radius 1 is 1.04 bits per heavy atom. The van der Waals surface area contributed by atoms with Crippen molar-refractivity contribution in [2.75, 3.05) is 5.32 Å². The number of hydrogen-bond donors (Lipinski definition) is 1. The molecule has 0 aliphatic rings. The second-order valence-corrected chi connectivity index (χ2v) is 7.05. The maximum atomic E-state index is 12.1. The minimum absolute atomic E-state index is 0.0696. The number of pyridine rings is 1. The minimum atomic E-state index is -0.120. The van der Waals surface area contributed by atoms with Crippen LogP contribution in [0.4, 0.5) is 5.82 Å². The normalized spacial score (nSPS) is 11.1. The fourth-order valence-corrected chi connectivity index (χ4v) is 3.06. The van der Waals surface area contributed by atoms with Crippen molar-refractivity contribution in [1.82, 2.24) is 19.6 Å². The van der Waals surface area contributed by atoms with Gasteiger partial charge in [0.05, 0.1) is 5.69 Å². The molecule has 1 amide bonds. The van der Waals surface area contributed by atoms with E-state index in [9.17, 15) is 4.79 Å². The van der Waals surface area contributed by atoms with Crippen LogP contribution in [0, 0.1) is 12.8 Å². The van der Waals surface area contributed by atoms with E-state index in [0.717, 1.165) is 33.7 Å². The molecule has 0 fully saturated rings. The highest BCUT2D eigenvalue weighted by Crippen LogP contribution is 2.33. The standard InChI is InChI=1S/C22H21N5O/c1-14(2)22(28)25-18-13-17(9-11-23-18)21-20(16-7-4-6-15(3)12-16)26-19-8-5-10-24-27(19)21/h4-14H,1-3H3,(H,23,25,28). The summed E-state index contributed by atoms with van der Waals surface area (Å²) in [6.45, 7) is 5.76. The van der Waals surface area contributed by atoms with Gasteiger partial charge in [-0.2, -0.15) is 5.10 Å². The average molecular weight is 371 g/mol. The van der Waals surface area contributed by atoms with Crippen molar-refractivity contribution < 1.29 is 4.79 Å². The Hall–Kier alpha value is -3.54. The van der Waals surface area contributed by atoms with E-state index in [2.05, 4.69) is 34.5 Å². The summed E-state index contributed by atoms with van der Waals surface area (Å²) in [5.41, 5.74) is 5.53. The van der Waals surface area contributed by atoms with Gasteiger partial charge < -0.3 is 5.32 Å². The smallest absolute Gasteiger partial charge is 0.228 e. The van der Waals surface area contributed by atoms with Gasteiger partial charge in [0, 0.05) is 29.4 Å². The molecular formula is C22H21N5O. The molecule has 3 heterocycles. The van der Waals surface area contributed by atoms with Crippen molar-refractivity contribution in [2.45, 2.75) is 20.8 Å². The summed E-state index contributed by atoms with van der Waals surface area (Å²) in [4.78, 5) is 21.2. The Balaban J connectivity index is 1.89. The summed E-state index contributed by atoms with van der Waals surface area (Å²) < 4.78 is 1.82. The summed E-state index contributed by atoms with van der Waals surface area (Å²) in [5, 5.41) is 7.35. The highest BCUT2D eigenvalue weighted by atomic mass is 16.1. The van der Waals surface area contributed by atoms with Crippen LogP contribution in [0.1, 0.15) is 19.4 Å². The van der Waals surface area contributed by atoms with Gasteiger partial charge in [-0.3, -0.25) is 4.79 Å². The van der Waals surface area contributed by atoms with Crippen LogP contribution in [0.25, 0.3) is 28.2 Å². The lowest BCUT2D eigenvalue weighted by molar-refractivity contribution is -0.118. The lowest BCUT2D eigenvalue weighted by Gasteiger charge is -2.09. The lowest BCUT2D eigenvalue weighted by Crippen LogP contribution is -2.18. The fraction of sp³-hybridized carbons (Fsp3) is 0.182. The van der Waals surface area contributed by atoms with E-state index < -0.39 is 0 Å². The molecule has 0 atom stereocenters. The van der Waals surface area contributed by atoms with Crippen LogP contribution < -0.4 is 5.32 Å². The zero-order chi connectivity index (χ0) is 19.7. The highest BCUT2D eigenvalue weighted by molar-refractivity contribution is 5.92. The molecule has 3 aromatic heterocycles. The molecule has 0 bridgehead atoms. The molecule has 4 rings (SSSR count). The number of hydrogen-bond acceptors (Lipinski definition) is 4. The molecule has 6 nitrogen and oxygen atoms in total. The van der Waals surface area contributed by atoms with Gasteiger partial charge in [-0.15, -0.1) is 0 Å². The number of rotatable bonds is 4. The number of anilines is 1. The number of fused-ring (bicyclic) bond motifs is 1. The molecule has 0 aliphatic carbocycles. The van der Waals surface area contributed by atoms with Gasteiger partial charge in [-0.1, -0.05) is 37.6 Å². The molecule has 0 saturated carbocycles. The molecule has 0 aliphatic heterocycles. The maximum Gasteiger partial charge on any atom is 0.228 e. The number of nitrogens with zero attached hydrogens (tertiary/aromatic N) is 4. The lowest BCUT2D eigenvalue weighted by atomic mass is 10.0. The number of amides is 1. The third-order valence-corrected chi connectivity index (χ3v) is 4.49. The average Bonchev–Trinajstić information content (AvgIpc) is 3.08. The first-order valence-corrected chi connectivity index (χ1v) is 9.21. The summed E-state index contributed by atoms with van der Waals surface area (Å²) in [6.07, 6.45) is 3.43. The van der Waals surface area contributed by atoms with Gasteiger partial charge in [-0.25, -0.2) is 14.5 Å². The van der Waals surface area contributed by atoms with Crippen LogP contribution in [0.15, 0.2) is 60.9 Å². The van der Waals surface area contributed by atoms with Crippen molar-refractivity contribution in [3.05, 3.63) is 66.5 Å². The number of nitrogens with one attached hydrogen (secondary N) is 1. The molecule has 4 aromatic rings. The second kappa shape index (κ2) is 7.23. The summed E-state index contributed by atoms with van der Waals surface area (Å²) in [6, 6.07) is 15.8. The number of aromatic nitrogens is 4. The number of imidazole rings is 1. The predicted octanol–water partition coefficient (Wildman–Crippen LogP) is 4.36. The monoisotopic (exact) mass is 371 g/mol. The summed E-state index contributed by atoms with van der Waals surface area (Å²) >= 11 is 0. The first-order valence-electron chi connectivity index (χ1n) is 9.21. The molecule has 0 saturated heterocycles. The van der Waals surface area contributed by atoms with Gasteiger partial charge in [-0.05, 0) is 37.3 Å². The van der Waals surface area contributed by atoms with E-state index in [1.54, 1.807) is 12.4 Å². The van der Waals surface area contributed by atoms with Gasteiger partial charge >= 0.3 is 0 Å². The van der Waals surface area contributed by atoms with Crippen LogP contribution >= 0.6 is 0 Å². The quantitative estimate of drug-likeness (QED) is 0.578. The molecule has 1 aromatic carbocycles. The Bertz CT molecular complexity index is 1160. The van der Waals surface area contributed by atoms with Crippen LogP contribution in [-0.4, -0.2) is 25.5 Å². The fourth-order valence-electron chi connectivity index (χ4n) is 3.06. The molecule has 0 spiro atoms. The zero-order valence-corrected chi connectivity index (χ0v) is 16.0. The summed E-state index contributed by atoms with van der Waals surface area (Å²) in [7, 11) is 0. The van der Waals surface area contributed by atoms with Gasteiger partial charge in [0.25, 0.3) is 0 Å². The predicted molar refractivity (Wildman–Crippen MR) is 110 cm³/mol. The van der Waals surface area contributed by atoms with Crippen LogP contribution in [0.5, 0.6) is 0 Å². The van der Waals surface area contributed by atoms with Crippen molar-refractivity contribution in [3.63, 3.8) is 0 Å². The SMILES string of the molecule is Cc1cccc(-c2nc3cccnn3c2-c2ccnc(NC(=O)C(C)C)c2)c1. The first kappa shape index (κ1) is 17.9. The number of carbonyl (C=O) groups excluding carboxylic acids is 1. The molecule has 28 heavy (non-hydrogen) atoms. The highest BCUT2D eigenvalue weighted by Gasteiger charge is 2.18. The third kappa shape index (κ3) is 3.36. The molecule has 0 radical (unpaired) electrons. The first-order chi connectivity index (χ1) is 13.5. The Morgan fingerprint density at radius 3 is 2.68 bits per heavy atom. The van der Waals surface area contributed by atoms with E-state index in [1.165, 1.54) is 0 Å². The van der Waals surface area contributed by atoms with Crippen LogP contribution in [-0.2, 0) is 4.79 Å². The Kier molecular flexibility index (Phi) is 4.61. The molecular weight excluding hydrogens is 350 g/mol. The van der Waals surface area contributed by atoms with Crippen molar-refractivity contribution in [2.24, 2.45) is 5.92 Å². The minimum Gasteiger partial charge on any atom is -0.310 e. The largest absolute Gasteiger partial charge is 0.310 e. The van der Waals surface area contributed by atoms with E-state index >= 15 is 0 Å². The van der Waals surface area contributed by atoms with Crippen LogP contribution in [0.3, 0.4) is 0 Å². The number of carbonyl (C=O) groups is 1. The van der Waals surface area contributed by atoms with Crippen molar-refractivity contribution in [3.8, 4) is 22.5 Å². The van der Waals surface area contributed by atoms with Crippen LogP contribution in [0.2, 0.25) is 0 Å². The Labute approximate surface area is 163 Å². The van der Waals surface area contributed by atoms with E-state index in [0.29, 0.717) is 5.82 Å². The van der Waals surface area contributed by atoms with E-state index in [1.807, 2.05) is 54.8 Å². The second-order valence-electron chi connectivity index (χ2n) is 7.05. The molecule has 140 valence electrons. The number of aryl methyl sites for hydroxylation is 1. The third-order valence-electron chi connectivity index (χ3n) is 4.49. The molecule has 1 N–H and O–H groups in total. The van der Waals surface area contributed by atoms with E-state index in [4.69, 9.17) is 4.98 Å². The molecule has 6 heteroatoms. The van der Waals surface area contributed by atoms with E-state index in [-0.39, 0.29) is 11.8 Å². The number of benzene rings is 1. The topological polar surface area (TPSA) is 72.2 Å². The Morgan fingerprint density at radius 2 is 1.89 bits per heavy atom. The van der Waals surface area contributed by atoms with Gasteiger partial charge in [0.15, 0.2) is 5.65 Å². The van der Waals surface area contributed by atoms with Crippen molar-refractivity contribution in [1.29, 1.82) is 0 Å². The zero-order valence-electron chi connectivity index (χ0n) is 16.0.